The van der Waals surface area contributed by atoms with Crippen LogP contribution >= 0.6 is 34.6 Å². The molecule has 1 aromatic carbocycles. The molecule has 0 saturated carbocycles. The number of amides is 1. The minimum atomic E-state index is -0.374. The summed E-state index contributed by atoms with van der Waals surface area (Å²) in [5.74, 6) is -0.459. The van der Waals surface area contributed by atoms with Gasteiger partial charge >= 0.3 is 0 Å². The maximum absolute atomic E-state index is 15.1. The number of benzene rings is 1. The van der Waals surface area contributed by atoms with Gasteiger partial charge in [-0.15, -0.1) is 11.3 Å². The standard InChI is InChI=1S/C23H31FN6OS3/c1-28(2)11-12-30(34-20-4-3-13-32-20)17-14-18(24)21-19(15-17)33-23(26-21)27-22(31)16-5-8-29(9-6-16)10-7-25/h3-4,13-16H,5-12,25H2,1-2H3,(H,26,27,31). The number of carbonyl (C=O) groups excluding carboxylic acids is 1. The van der Waals surface area contributed by atoms with Crippen LogP contribution in [0.4, 0.5) is 15.2 Å². The highest BCUT2D eigenvalue weighted by atomic mass is 32.2. The normalized spacial score (nSPS) is 15.3. The maximum Gasteiger partial charge on any atom is 0.229 e. The Kier molecular flexibility index (Phi) is 8.78. The van der Waals surface area contributed by atoms with Gasteiger partial charge in [-0.2, -0.15) is 0 Å². The largest absolute Gasteiger partial charge is 0.329 e. The van der Waals surface area contributed by atoms with Gasteiger partial charge in [0, 0.05) is 38.2 Å². The molecule has 184 valence electrons. The molecule has 0 aliphatic carbocycles. The quantitative estimate of drug-likeness (QED) is 0.387. The molecule has 7 nitrogen and oxygen atoms in total. The minimum absolute atomic E-state index is 0.0343. The van der Waals surface area contributed by atoms with Gasteiger partial charge in [0.1, 0.15) is 5.52 Å². The Morgan fingerprint density at radius 1 is 1.32 bits per heavy atom. The number of aromatic nitrogens is 1. The number of hydrogen-bond donors (Lipinski definition) is 2. The fraction of sp³-hybridized carbons (Fsp3) is 0.478. The lowest BCUT2D eigenvalue weighted by molar-refractivity contribution is -0.121. The highest BCUT2D eigenvalue weighted by Gasteiger charge is 2.25. The lowest BCUT2D eigenvalue weighted by atomic mass is 9.96. The summed E-state index contributed by atoms with van der Waals surface area (Å²) in [4.78, 5) is 21.6. The number of nitrogens with one attached hydrogen (secondary N) is 1. The molecule has 2 aromatic heterocycles. The summed E-state index contributed by atoms with van der Waals surface area (Å²) in [6.07, 6.45) is 1.60. The first kappa shape index (κ1) is 25.3. The number of carbonyl (C=O) groups is 1. The maximum atomic E-state index is 15.1. The van der Waals surface area contributed by atoms with Crippen molar-refractivity contribution in [2.45, 2.75) is 17.1 Å². The summed E-state index contributed by atoms with van der Waals surface area (Å²) in [7, 11) is 4.05. The van der Waals surface area contributed by atoms with Crippen LogP contribution in [0, 0.1) is 11.7 Å². The van der Waals surface area contributed by atoms with Crippen molar-refractivity contribution in [3.8, 4) is 0 Å². The Morgan fingerprint density at radius 3 is 2.79 bits per heavy atom. The first-order valence-electron chi connectivity index (χ1n) is 11.4. The second kappa shape index (κ2) is 11.8. The molecule has 11 heteroatoms. The summed E-state index contributed by atoms with van der Waals surface area (Å²) in [5.41, 5.74) is 6.73. The van der Waals surface area contributed by atoms with Crippen molar-refractivity contribution in [1.82, 2.24) is 14.8 Å². The number of likely N-dealkylation sites (tertiary alicyclic amines) is 1. The fourth-order valence-electron chi connectivity index (χ4n) is 3.92. The van der Waals surface area contributed by atoms with E-state index in [-0.39, 0.29) is 17.6 Å². The van der Waals surface area contributed by atoms with Crippen molar-refractivity contribution in [2.75, 3.05) is 63.0 Å². The zero-order valence-electron chi connectivity index (χ0n) is 19.5. The van der Waals surface area contributed by atoms with Gasteiger partial charge in [0.25, 0.3) is 0 Å². The van der Waals surface area contributed by atoms with E-state index in [1.54, 1.807) is 23.3 Å². The van der Waals surface area contributed by atoms with Crippen LogP contribution in [-0.4, -0.2) is 74.1 Å². The van der Waals surface area contributed by atoms with Gasteiger partial charge in [0.2, 0.25) is 5.91 Å². The van der Waals surface area contributed by atoms with Crippen LogP contribution in [0.1, 0.15) is 12.8 Å². The predicted octanol–water partition coefficient (Wildman–Crippen LogP) is 4.18. The van der Waals surface area contributed by atoms with Gasteiger partial charge in [0.05, 0.1) is 14.6 Å². The zero-order chi connectivity index (χ0) is 24.1. The molecule has 0 unspecified atom stereocenters. The molecule has 1 amide bonds. The van der Waals surface area contributed by atoms with Crippen molar-refractivity contribution in [1.29, 1.82) is 0 Å². The Labute approximate surface area is 212 Å². The molecule has 0 atom stereocenters. The number of thiophene rings is 1. The third kappa shape index (κ3) is 6.46. The predicted molar refractivity (Wildman–Crippen MR) is 143 cm³/mol. The highest BCUT2D eigenvalue weighted by Crippen LogP contribution is 2.37. The van der Waals surface area contributed by atoms with Gasteiger partial charge < -0.3 is 25.2 Å². The highest BCUT2D eigenvalue weighted by molar-refractivity contribution is 8.02. The van der Waals surface area contributed by atoms with Crippen molar-refractivity contribution in [3.63, 3.8) is 0 Å². The van der Waals surface area contributed by atoms with Gasteiger partial charge in [-0.3, -0.25) is 4.79 Å². The monoisotopic (exact) mass is 522 g/mol. The topological polar surface area (TPSA) is 77.7 Å². The number of fused-ring (bicyclic) bond motifs is 1. The first-order chi connectivity index (χ1) is 16.4. The molecule has 0 bridgehead atoms. The number of piperidine rings is 1. The number of anilines is 2. The molecule has 1 saturated heterocycles. The van der Waals surface area contributed by atoms with Crippen molar-refractivity contribution < 1.29 is 9.18 Å². The average Bonchev–Trinajstić information content (AvgIpc) is 3.47. The Morgan fingerprint density at radius 2 is 2.12 bits per heavy atom. The number of likely N-dealkylation sites (N-methyl/N-ethyl adjacent to an activating group) is 1. The average molecular weight is 523 g/mol. The minimum Gasteiger partial charge on any atom is -0.329 e. The van der Waals surface area contributed by atoms with E-state index in [0.29, 0.717) is 17.2 Å². The van der Waals surface area contributed by atoms with Gasteiger partial charge in [0.15, 0.2) is 10.9 Å². The summed E-state index contributed by atoms with van der Waals surface area (Å²) < 4.78 is 19.1. The van der Waals surface area contributed by atoms with E-state index in [1.807, 2.05) is 31.6 Å². The van der Waals surface area contributed by atoms with Gasteiger partial charge in [-0.1, -0.05) is 17.4 Å². The molecular weight excluding hydrogens is 491 g/mol. The molecule has 0 radical (unpaired) electrons. The summed E-state index contributed by atoms with van der Waals surface area (Å²) in [5, 5.41) is 5.42. The van der Waals surface area contributed by atoms with Crippen LogP contribution in [-0.2, 0) is 4.79 Å². The second-order valence-corrected chi connectivity index (χ2v) is 11.9. The lowest BCUT2D eigenvalue weighted by Crippen LogP contribution is -2.40. The summed E-state index contributed by atoms with van der Waals surface area (Å²) in [6, 6.07) is 7.58. The molecular formula is C23H31FN6OS3. The Balaban J connectivity index is 1.49. The van der Waals surface area contributed by atoms with Crippen LogP contribution in [0.5, 0.6) is 0 Å². The van der Waals surface area contributed by atoms with Crippen LogP contribution in [0.15, 0.2) is 33.9 Å². The Bertz CT molecular complexity index is 1080. The molecule has 3 heterocycles. The van der Waals surface area contributed by atoms with E-state index in [9.17, 15) is 4.79 Å². The van der Waals surface area contributed by atoms with Crippen LogP contribution < -0.4 is 15.4 Å². The SMILES string of the molecule is CN(C)CCN(Sc1cccs1)c1cc(F)c2nc(NC(=O)C3CCN(CCN)CC3)sc2c1. The van der Waals surface area contributed by atoms with Gasteiger partial charge in [-0.05, 0) is 69.5 Å². The van der Waals surface area contributed by atoms with Crippen molar-refractivity contribution >= 4 is 61.6 Å². The van der Waals surface area contributed by atoms with Crippen molar-refractivity contribution in [2.24, 2.45) is 11.7 Å². The number of hydrogen-bond acceptors (Lipinski definition) is 9. The smallest absolute Gasteiger partial charge is 0.229 e. The van der Waals surface area contributed by atoms with Gasteiger partial charge in [-0.25, -0.2) is 9.37 Å². The number of rotatable bonds is 10. The summed E-state index contributed by atoms with van der Waals surface area (Å²) in [6.45, 7) is 4.83. The first-order valence-corrected chi connectivity index (χ1v) is 13.9. The number of halogens is 1. The molecule has 1 fully saturated rings. The molecule has 1 aliphatic heterocycles. The fourth-order valence-corrected chi connectivity index (χ4v) is 6.64. The molecule has 4 rings (SSSR count). The molecule has 0 spiro atoms. The lowest BCUT2D eigenvalue weighted by Gasteiger charge is -2.30. The van der Waals surface area contributed by atoms with Crippen LogP contribution in [0.2, 0.25) is 0 Å². The third-order valence-corrected chi connectivity index (χ3v) is 8.82. The number of nitrogens with two attached hydrogens (primary N) is 1. The zero-order valence-corrected chi connectivity index (χ0v) is 21.9. The van der Waals surface area contributed by atoms with E-state index >= 15 is 4.39 Å². The number of thiazole rings is 1. The number of nitrogens with zero attached hydrogens (tertiary/aromatic N) is 4. The molecule has 3 aromatic rings. The van der Waals surface area contributed by atoms with Crippen molar-refractivity contribution in [3.05, 3.63) is 35.5 Å². The second-order valence-electron chi connectivity index (χ2n) is 8.62. The third-order valence-electron chi connectivity index (χ3n) is 5.80. The van der Waals surface area contributed by atoms with E-state index in [0.717, 1.165) is 60.2 Å². The molecule has 34 heavy (non-hydrogen) atoms. The van der Waals surface area contributed by atoms with E-state index in [2.05, 4.69) is 30.5 Å². The van der Waals surface area contributed by atoms with Crippen LogP contribution in [0.25, 0.3) is 10.2 Å². The van der Waals surface area contributed by atoms with E-state index in [1.165, 1.54) is 17.4 Å². The Hall–Kier alpha value is -1.76. The van der Waals surface area contributed by atoms with Crippen LogP contribution in [0.3, 0.4) is 0 Å². The van der Waals surface area contributed by atoms with E-state index in [4.69, 9.17) is 5.73 Å². The molecule has 1 aliphatic rings. The molecule has 3 N–H and O–H groups in total. The van der Waals surface area contributed by atoms with E-state index < -0.39 is 0 Å². The summed E-state index contributed by atoms with van der Waals surface area (Å²) >= 11 is 4.59.